The van der Waals surface area contributed by atoms with E-state index in [0.29, 0.717) is 36.8 Å². The lowest BCUT2D eigenvalue weighted by Gasteiger charge is -2.29. The molecule has 0 atom stereocenters. The Morgan fingerprint density at radius 2 is 1.47 bits per heavy atom. The van der Waals surface area contributed by atoms with Crippen LogP contribution in [0, 0.1) is 0 Å². The Labute approximate surface area is 191 Å². The van der Waals surface area contributed by atoms with Gasteiger partial charge in [0.1, 0.15) is 10.7 Å². The third kappa shape index (κ3) is 5.43. The Hall–Kier alpha value is -3.42. The van der Waals surface area contributed by atoms with Crippen LogP contribution in [-0.4, -0.2) is 48.0 Å². The van der Waals surface area contributed by atoms with Gasteiger partial charge in [0, 0.05) is 24.8 Å². The number of aromatic nitrogens is 1. The van der Waals surface area contributed by atoms with Gasteiger partial charge >= 0.3 is 0 Å². The fourth-order valence-electron chi connectivity index (χ4n) is 3.26. The fourth-order valence-corrected chi connectivity index (χ4v) is 4.23. The summed E-state index contributed by atoms with van der Waals surface area (Å²) in [7, 11) is 0. The van der Waals surface area contributed by atoms with Gasteiger partial charge in [-0.1, -0.05) is 66.4 Å². The highest BCUT2D eigenvalue weighted by Crippen LogP contribution is 2.35. The molecule has 7 heteroatoms. The van der Waals surface area contributed by atoms with Gasteiger partial charge in [-0.2, -0.15) is 0 Å². The lowest BCUT2D eigenvalue weighted by atomic mass is 10.1. The Bertz CT molecular complexity index is 1080. The smallest absolute Gasteiger partial charge is 0.271 e. The number of hydrogen-bond donors (Lipinski definition) is 1. The summed E-state index contributed by atoms with van der Waals surface area (Å²) in [4.78, 5) is 33.5. The van der Waals surface area contributed by atoms with Crippen LogP contribution in [0.4, 0.5) is 0 Å². The van der Waals surface area contributed by atoms with Crippen molar-refractivity contribution in [3.63, 3.8) is 0 Å². The van der Waals surface area contributed by atoms with Crippen molar-refractivity contribution in [3.8, 4) is 0 Å². The molecule has 1 aromatic heterocycles. The second-order valence-corrected chi connectivity index (χ2v) is 8.10. The molecule has 1 saturated heterocycles. The maximum atomic E-state index is 13.6. The summed E-state index contributed by atoms with van der Waals surface area (Å²) in [6.45, 7) is 1.89. The Morgan fingerprint density at radius 1 is 0.844 bits per heavy atom. The number of nitrogens with one attached hydrogen (secondary N) is 1. The molecule has 0 bridgehead atoms. The summed E-state index contributed by atoms with van der Waals surface area (Å²) in [6.07, 6.45) is 1.71. The highest BCUT2D eigenvalue weighted by Gasteiger charge is 2.27. The lowest BCUT2D eigenvalue weighted by Crippen LogP contribution is -2.44. The van der Waals surface area contributed by atoms with E-state index in [1.165, 1.54) is 11.8 Å². The molecule has 2 heterocycles. The van der Waals surface area contributed by atoms with Crippen molar-refractivity contribution in [2.75, 3.05) is 26.3 Å². The molecular weight excluding hydrogens is 422 g/mol. The number of thioether (sulfide) groups is 1. The molecule has 0 saturated carbocycles. The molecule has 2 amide bonds. The molecule has 0 spiro atoms. The number of hydrogen-bond acceptors (Lipinski definition) is 5. The summed E-state index contributed by atoms with van der Waals surface area (Å²) < 4.78 is 5.41. The van der Waals surface area contributed by atoms with Crippen molar-refractivity contribution in [3.05, 3.63) is 102 Å². The number of nitrogens with zero attached hydrogens (tertiary/aromatic N) is 2. The Balaban J connectivity index is 1.79. The summed E-state index contributed by atoms with van der Waals surface area (Å²) in [6, 6.07) is 24.1. The molecule has 0 unspecified atom stereocenters. The lowest BCUT2D eigenvalue weighted by molar-refractivity contribution is -0.131. The summed E-state index contributed by atoms with van der Waals surface area (Å²) in [5.74, 6) is -0.572. The number of rotatable bonds is 6. The van der Waals surface area contributed by atoms with E-state index in [2.05, 4.69) is 10.3 Å². The van der Waals surface area contributed by atoms with E-state index in [4.69, 9.17) is 4.74 Å². The van der Waals surface area contributed by atoms with Crippen molar-refractivity contribution in [2.24, 2.45) is 0 Å². The number of amides is 2. The summed E-state index contributed by atoms with van der Waals surface area (Å²) in [5, 5.41) is 3.64. The zero-order chi connectivity index (χ0) is 22.2. The van der Waals surface area contributed by atoms with Gasteiger partial charge in [0.25, 0.3) is 11.8 Å². The first-order valence-electron chi connectivity index (χ1n) is 10.3. The van der Waals surface area contributed by atoms with Gasteiger partial charge in [-0.3, -0.25) is 9.59 Å². The van der Waals surface area contributed by atoms with Crippen LogP contribution in [0.2, 0.25) is 0 Å². The molecule has 3 aromatic rings. The van der Waals surface area contributed by atoms with Crippen molar-refractivity contribution in [1.29, 1.82) is 0 Å². The molecule has 0 radical (unpaired) electrons. The van der Waals surface area contributed by atoms with Crippen LogP contribution in [0.5, 0.6) is 0 Å². The molecule has 1 fully saturated rings. The molecule has 6 nitrogen and oxygen atoms in total. The van der Waals surface area contributed by atoms with E-state index in [0.717, 1.165) is 10.6 Å². The van der Waals surface area contributed by atoms with Crippen LogP contribution in [0.25, 0.3) is 4.91 Å². The molecule has 4 rings (SSSR count). The van der Waals surface area contributed by atoms with Crippen LogP contribution < -0.4 is 5.32 Å². The standard InChI is InChI=1S/C25H23N3O3S/c29-24(20-11-5-2-6-12-20)27-22(25(30)28-15-17-31-18-16-28)23(19-9-3-1-4-10-19)32-21-13-7-8-14-26-21/h1-14H,15-18H2,(H,27,29). The van der Waals surface area contributed by atoms with Gasteiger partial charge in [-0.15, -0.1) is 0 Å². The number of benzene rings is 2. The van der Waals surface area contributed by atoms with Gasteiger partial charge < -0.3 is 15.0 Å². The second kappa shape index (κ2) is 10.7. The highest BCUT2D eigenvalue weighted by molar-refractivity contribution is 8.08. The minimum atomic E-state index is -0.336. The van der Waals surface area contributed by atoms with Crippen molar-refractivity contribution >= 4 is 28.5 Å². The third-order valence-electron chi connectivity index (χ3n) is 4.89. The van der Waals surface area contributed by atoms with Gasteiger partial charge in [-0.25, -0.2) is 4.98 Å². The fraction of sp³-hybridized carbons (Fsp3) is 0.160. The normalized spacial score (nSPS) is 14.4. The quantitative estimate of drug-likeness (QED) is 0.461. The third-order valence-corrected chi connectivity index (χ3v) is 5.99. The van der Waals surface area contributed by atoms with Crippen molar-refractivity contribution in [1.82, 2.24) is 15.2 Å². The van der Waals surface area contributed by atoms with Crippen LogP contribution in [0.3, 0.4) is 0 Å². The first-order chi connectivity index (χ1) is 15.7. The van der Waals surface area contributed by atoms with Gasteiger partial charge in [0.05, 0.1) is 18.1 Å². The van der Waals surface area contributed by atoms with Gasteiger partial charge in [0.2, 0.25) is 0 Å². The predicted molar refractivity (Wildman–Crippen MR) is 125 cm³/mol. The number of morpholine rings is 1. The number of pyridine rings is 1. The minimum absolute atomic E-state index is 0.236. The molecule has 1 aliphatic heterocycles. The SMILES string of the molecule is O=C(NC(C(=O)N1CCOCC1)=C(Sc1ccccn1)c1ccccc1)c1ccccc1. The van der Waals surface area contributed by atoms with Gasteiger partial charge in [0.15, 0.2) is 0 Å². The highest BCUT2D eigenvalue weighted by atomic mass is 32.2. The van der Waals surface area contributed by atoms with E-state index in [-0.39, 0.29) is 17.5 Å². The van der Waals surface area contributed by atoms with Crippen LogP contribution in [0.1, 0.15) is 15.9 Å². The first kappa shape index (κ1) is 21.8. The van der Waals surface area contributed by atoms with Crippen LogP contribution in [0.15, 0.2) is 95.8 Å². The predicted octanol–water partition coefficient (Wildman–Crippen LogP) is 3.83. The summed E-state index contributed by atoms with van der Waals surface area (Å²) >= 11 is 1.35. The van der Waals surface area contributed by atoms with Gasteiger partial charge in [-0.05, 0) is 29.8 Å². The number of carbonyl (C=O) groups is 2. The number of ether oxygens (including phenoxy) is 1. The monoisotopic (exact) mass is 445 g/mol. The Morgan fingerprint density at radius 3 is 2.09 bits per heavy atom. The van der Waals surface area contributed by atoms with E-state index < -0.39 is 0 Å². The largest absolute Gasteiger partial charge is 0.378 e. The molecular formula is C25H23N3O3S. The van der Waals surface area contributed by atoms with Crippen LogP contribution in [-0.2, 0) is 9.53 Å². The minimum Gasteiger partial charge on any atom is -0.378 e. The molecule has 32 heavy (non-hydrogen) atoms. The second-order valence-electron chi connectivity index (χ2n) is 7.06. The molecule has 0 aliphatic carbocycles. The zero-order valence-corrected chi connectivity index (χ0v) is 18.3. The van der Waals surface area contributed by atoms with Crippen LogP contribution >= 0.6 is 11.8 Å². The first-order valence-corrected chi connectivity index (χ1v) is 11.2. The maximum Gasteiger partial charge on any atom is 0.271 e. The zero-order valence-electron chi connectivity index (χ0n) is 17.4. The molecule has 2 aromatic carbocycles. The van der Waals surface area contributed by atoms with Crippen molar-refractivity contribution < 1.29 is 14.3 Å². The van der Waals surface area contributed by atoms with Crippen molar-refractivity contribution in [2.45, 2.75) is 5.03 Å². The summed E-state index contributed by atoms with van der Waals surface area (Å²) in [5.41, 5.74) is 1.55. The van der Waals surface area contributed by atoms with E-state index in [9.17, 15) is 9.59 Å². The topological polar surface area (TPSA) is 71.5 Å². The average molecular weight is 446 g/mol. The average Bonchev–Trinajstić information content (AvgIpc) is 2.88. The van der Waals surface area contributed by atoms with E-state index in [1.54, 1.807) is 35.4 Å². The van der Waals surface area contributed by atoms with E-state index in [1.807, 2.05) is 54.6 Å². The number of carbonyl (C=O) groups excluding carboxylic acids is 2. The van der Waals surface area contributed by atoms with E-state index >= 15 is 0 Å². The molecule has 162 valence electrons. The maximum absolute atomic E-state index is 13.6. The molecule has 1 aliphatic rings. The molecule has 1 N–H and O–H groups in total. The Kier molecular flexibility index (Phi) is 7.32.